The molecule has 0 atom stereocenters. The van der Waals surface area contributed by atoms with Crippen molar-refractivity contribution in [2.75, 3.05) is 13.7 Å². The number of hydrogen-bond acceptors (Lipinski definition) is 5. The summed E-state index contributed by atoms with van der Waals surface area (Å²) >= 11 is 6.42. The molecule has 222 valence electrons. The van der Waals surface area contributed by atoms with Gasteiger partial charge in [-0.1, -0.05) is 69.6 Å². The van der Waals surface area contributed by atoms with Crippen molar-refractivity contribution in [2.45, 2.75) is 79.2 Å². The minimum Gasteiger partial charge on any atom is -0.490 e. The van der Waals surface area contributed by atoms with Crippen molar-refractivity contribution in [2.24, 2.45) is 10.8 Å². The van der Waals surface area contributed by atoms with Gasteiger partial charge in [-0.05, 0) is 54.7 Å². The molecule has 2 aromatic rings. The number of hydrogen-bond donors (Lipinski definition) is 0. The number of benzene rings is 2. The zero-order chi connectivity index (χ0) is 30.4. The zero-order valence-corrected chi connectivity index (χ0v) is 26.5. The van der Waals surface area contributed by atoms with Crippen LogP contribution >= 0.6 is 11.6 Å². The van der Waals surface area contributed by atoms with E-state index < -0.39 is 5.92 Å². The van der Waals surface area contributed by atoms with Gasteiger partial charge in [-0.3, -0.25) is 9.59 Å². The third-order valence-electron chi connectivity index (χ3n) is 8.66. The molecule has 0 fully saturated rings. The predicted octanol–water partition coefficient (Wildman–Crippen LogP) is 8.36. The number of Topliss-reactive ketones (excluding diaryl/α,β-unsaturated/α-hetero) is 2. The van der Waals surface area contributed by atoms with Gasteiger partial charge >= 0.3 is 0 Å². The number of nitrogens with zero attached hydrogens (tertiary/aromatic N) is 1. The molecule has 0 saturated carbocycles. The van der Waals surface area contributed by atoms with Crippen molar-refractivity contribution in [3.63, 3.8) is 0 Å². The van der Waals surface area contributed by atoms with Crippen molar-refractivity contribution in [1.82, 2.24) is 4.90 Å². The monoisotopic (exact) mass is 587 g/mol. The summed E-state index contributed by atoms with van der Waals surface area (Å²) in [6.07, 6.45) is 4.85. The van der Waals surface area contributed by atoms with E-state index in [1.54, 1.807) is 0 Å². The third kappa shape index (κ3) is 5.68. The fourth-order valence-electron chi connectivity index (χ4n) is 6.85. The van der Waals surface area contributed by atoms with Crippen LogP contribution in [0.1, 0.15) is 82.9 Å². The maximum atomic E-state index is 14.0. The summed E-state index contributed by atoms with van der Waals surface area (Å²) in [7, 11) is 2.03. The maximum Gasteiger partial charge on any atom is 0.165 e. The van der Waals surface area contributed by atoms with Gasteiger partial charge in [-0.25, -0.2) is 0 Å². The molecule has 5 nitrogen and oxygen atoms in total. The minimum absolute atomic E-state index is 0.115. The van der Waals surface area contributed by atoms with Crippen molar-refractivity contribution in [3.05, 3.63) is 93.3 Å². The highest BCUT2D eigenvalue weighted by molar-refractivity contribution is 6.31. The summed E-state index contributed by atoms with van der Waals surface area (Å²) in [5.74, 6) is 1.01. The molecule has 0 saturated heterocycles. The number of carbonyl (C=O) groups is 2. The fourth-order valence-corrected chi connectivity index (χ4v) is 7.04. The molecule has 0 radical (unpaired) electrons. The summed E-state index contributed by atoms with van der Waals surface area (Å²) < 4.78 is 12.6. The first-order valence-corrected chi connectivity index (χ1v) is 15.3. The van der Waals surface area contributed by atoms with Crippen LogP contribution in [-0.4, -0.2) is 30.1 Å². The van der Waals surface area contributed by atoms with Crippen molar-refractivity contribution in [1.29, 1.82) is 0 Å². The number of rotatable bonds is 8. The molecular formula is C36H42ClNO4. The SMILES string of the molecule is C=CCc1cc(C2C3=C(CC(C)(C)CC3=O)N(C)C3=C2C(=O)CC(C)(C)C3)cc(OCC)c1OCc1ccccc1Cl. The second-order valence-electron chi connectivity index (χ2n) is 13.4. The Balaban J connectivity index is 1.69. The largest absolute Gasteiger partial charge is 0.490 e. The Morgan fingerprint density at radius 1 is 0.929 bits per heavy atom. The van der Waals surface area contributed by atoms with Crippen molar-refractivity contribution in [3.8, 4) is 11.5 Å². The molecule has 0 unspecified atom stereocenters. The van der Waals surface area contributed by atoms with Gasteiger partial charge in [0.1, 0.15) is 6.61 Å². The Morgan fingerprint density at radius 3 is 2.07 bits per heavy atom. The van der Waals surface area contributed by atoms with E-state index in [1.165, 1.54) is 0 Å². The first-order chi connectivity index (χ1) is 19.9. The zero-order valence-electron chi connectivity index (χ0n) is 25.7. The van der Waals surface area contributed by atoms with Crippen LogP contribution < -0.4 is 9.47 Å². The predicted molar refractivity (Wildman–Crippen MR) is 168 cm³/mol. The van der Waals surface area contributed by atoms with E-state index in [9.17, 15) is 9.59 Å². The van der Waals surface area contributed by atoms with Gasteiger partial charge in [0.2, 0.25) is 0 Å². The lowest BCUT2D eigenvalue weighted by Crippen LogP contribution is -2.43. The highest BCUT2D eigenvalue weighted by Crippen LogP contribution is 2.54. The van der Waals surface area contributed by atoms with E-state index in [4.69, 9.17) is 21.1 Å². The summed E-state index contributed by atoms with van der Waals surface area (Å²) in [5, 5.41) is 0.639. The van der Waals surface area contributed by atoms with E-state index in [2.05, 4.69) is 45.2 Å². The number of ether oxygens (including phenoxy) is 2. The maximum absolute atomic E-state index is 14.0. The first-order valence-electron chi connectivity index (χ1n) is 14.9. The summed E-state index contributed by atoms with van der Waals surface area (Å²) in [6, 6.07) is 11.7. The minimum atomic E-state index is -0.446. The average Bonchev–Trinajstić information content (AvgIpc) is 2.89. The molecule has 0 N–H and O–H groups in total. The molecule has 0 amide bonds. The van der Waals surface area contributed by atoms with Crippen LogP contribution in [0.3, 0.4) is 0 Å². The Bertz CT molecular complexity index is 1460. The standard InChI is InChI=1S/C36H42ClNO4/c1-8-12-22-15-24(16-30(41-9-2)34(22)42-21-23-13-10-11-14-25(23)37)31-32-26(17-35(3,4)19-28(32)39)38(7)27-18-36(5,6)20-29(40)33(27)31/h8,10-11,13-16,31H,1,9,12,17-21H2,2-7H3. The van der Waals surface area contributed by atoms with Gasteiger partial charge in [0.25, 0.3) is 0 Å². The van der Waals surface area contributed by atoms with Crippen LogP contribution in [0.15, 0.2) is 71.6 Å². The molecule has 2 aliphatic carbocycles. The molecule has 0 aromatic heterocycles. The second-order valence-corrected chi connectivity index (χ2v) is 13.8. The molecular weight excluding hydrogens is 546 g/mol. The van der Waals surface area contributed by atoms with E-state index in [0.29, 0.717) is 42.4 Å². The first kappa shape index (κ1) is 30.2. The van der Waals surface area contributed by atoms with Crippen molar-refractivity contribution >= 4 is 23.2 Å². The smallest absolute Gasteiger partial charge is 0.165 e. The van der Waals surface area contributed by atoms with E-state index in [0.717, 1.165) is 52.1 Å². The number of carbonyl (C=O) groups excluding carboxylic acids is 2. The molecule has 0 bridgehead atoms. The molecule has 42 heavy (non-hydrogen) atoms. The van der Waals surface area contributed by atoms with Crippen LogP contribution in [0.2, 0.25) is 5.02 Å². The van der Waals surface area contributed by atoms with Crippen LogP contribution in [-0.2, 0) is 22.6 Å². The Labute approximate surface area is 255 Å². The van der Waals surface area contributed by atoms with E-state index >= 15 is 0 Å². The van der Waals surface area contributed by atoms with E-state index in [-0.39, 0.29) is 29.0 Å². The number of halogens is 1. The lowest BCUT2D eigenvalue weighted by atomic mass is 9.63. The second kappa shape index (κ2) is 11.4. The van der Waals surface area contributed by atoms with Crippen LogP contribution in [0.25, 0.3) is 0 Å². The molecule has 0 spiro atoms. The van der Waals surface area contributed by atoms with Gasteiger partial charge in [-0.2, -0.15) is 0 Å². The fraction of sp³-hybridized carbons (Fsp3) is 0.444. The van der Waals surface area contributed by atoms with Gasteiger partial charge < -0.3 is 14.4 Å². The average molecular weight is 588 g/mol. The lowest BCUT2D eigenvalue weighted by Gasteiger charge is -2.48. The van der Waals surface area contributed by atoms with Gasteiger partial charge in [0.05, 0.1) is 6.61 Å². The number of allylic oxidation sites excluding steroid dienone is 5. The Hall–Kier alpha value is -3.31. The van der Waals surface area contributed by atoms with Gasteiger partial charge in [0.15, 0.2) is 23.1 Å². The molecule has 1 aliphatic heterocycles. The highest BCUT2D eigenvalue weighted by atomic mass is 35.5. The molecule has 3 aliphatic rings. The highest BCUT2D eigenvalue weighted by Gasteiger charge is 2.48. The third-order valence-corrected chi connectivity index (χ3v) is 9.03. The van der Waals surface area contributed by atoms with Crippen LogP contribution in [0.4, 0.5) is 0 Å². The van der Waals surface area contributed by atoms with Gasteiger partial charge in [-0.15, -0.1) is 6.58 Å². The quantitative estimate of drug-likeness (QED) is 0.290. The van der Waals surface area contributed by atoms with Gasteiger partial charge in [0, 0.05) is 64.5 Å². The lowest BCUT2D eigenvalue weighted by molar-refractivity contribution is -0.119. The van der Waals surface area contributed by atoms with Crippen molar-refractivity contribution < 1.29 is 19.1 Å². The summed E-state index contributed by atoms with van der Waals surface area (Å²) in [5.41, 5.74) is 5.93. The summed E-state index contributed by atoms with van der Waals surface area (Å²) in [6.45, 7) is 15.3. The number of ketones is 2. The molecule has 5 rings (SSSR count). The normalized spacial score (nSPS) is 19.9. The molecule has 1 heterocycles. The topological polar surface area (TPSA) is 55.8 Å². The Kier molecular flexibility index (Phi) is 8.19. The van der Waals surface area contributed by atoms with Crippen LogP contribution in [0, 0.1) is 10.8 Å². The Morgan fingerprint density at radius 2 is 1.52 bits per heavy atom. The molecule has 6 heteroatoms. The molecule has 2 aromatic carbocycles. The van der Waals surface area contributed by atoms with Crippen LogP contribution in [0.5, 0.6) is 11.5 Å². The van der Waals surface area contributed by atoms with E-state index in [1.807, 2.05) is 50.4 Å². The summed E-state index contributed by atoms with van der Waals surface area (Å²) in [4.78, 5) is 30.1.